The van der Waals surface area contributed by atoms with Gasteiger partial charge in [0.15, 0.2) is 11.5 Å². The Kier molecular flexibility index (Phi) is 3.98. The van der Waals surface area contributed by atoms with Crippen molar-refractivity contribution in [1.82, 2.24) is 10.2 Å². The van der Waals surface area contributed by atoms with Gasteiger partial charge in [-0.2, -0.15) is 0 Å². The molecule has 2 N–H and O–H groups in total. The van der Waals surface area contributed by atoms with Crippen molar-refractivity contribution in [2.45, 2.75) is 43.6 Å². The number of nitrogens with one attached hydrogen (secondary N) is 2. The monoisotopic (exact) mass is 379 g/mol. The van der Waals surface area contributed by atoms with E-state index in [4.69, 9.17) is 9.47 Å². The fourth-order valence-corrected chi connectivity index (χ4v) is 5.22. The standard InChI is InChI=1S/C22H25N3O3/c1-27-18-9-7-14(11-19(18)28-2)13-25-15-8-10-20(25)22(12-15)23-17-6-4-3-5-16(17)21(26)24-22/h3-7,9,11,15,20,23H,8,10,12-13H2,1-2H3,(H,24,26)/t15-,20+,22-/m0/s1. The summed E-state index contributed by atoms with van der Waals surface area (Å²) in [6.45, 7) is 0.830. The molecule has 2 saturated heterocycles. The molecule has 3 aliphatic heterocycles. The van der Waals surface area contributed by atoms with Gasteiger partial charge in [-0.3, -0.25) is 9.69 Å². The van der Waals surface area contributed by atoms with Crippen molar-refractivity contribution in [3.63, 3.8) is 0 Å². The van der Waals surface area contributed by atoms with Crippen LogP contribution in [-0.2, 0) is 6.54 Å². The molecular weight excluding hydrogens is 354 g/mol. The predicted octanol–water partition coefficient (Wildman–Crippen LogP) is 2.99. The number of carbonyl (C=O) groups excluding carboxylic acids is 1. The minimum absolute atomic E-state index is 0.0213. The van der Waals surface area contributed by atoms with E-state index in [-0.39, 0.29) is 17.6 Å². The summed E-state index contributed by atoms with van der Waals surface area (Å²) in [5.41, 5.74) is 2.46. The van der Waals surface area contributed by atoms with Crippen molar-refractivity contribution in [2.24, 2.45) is 0 Å². The molecule has 3 heterocycles. The summed E-state index contributed by atoms with van der Waals surface area (Å²) in [4.78, 5) is 15.3. The van der Waals surface area contributed by atoms with E-state index in [0.29, 0.717) is 6.04 Å². The van der Waals surface area contributed by atoms with E-state index in [0.717, 1.165) is 42.1 Å². The normalized spacial score (nSPS) is 28.0. The first-order valence-corrected chi connectivity index (χ1v) is 9.80. The summed E-state index contributed by atoms with van der Waals surface area (Å²) in [5.74, 6) is 1.51. The first-order chi connectivity index (χ1) is 13.6. The molecule has 2 aromatic carbocycles. The molecule has 5 rings (SSSR count). The highest BCUT2D eigenvalue weighted by atomic mass is 16.5. The Morgan fingerprint density at radius 2 is 1.89 bits per heavy atom. The number of carbonyl (C=O) groups is 1. The molecule has 2 fully saturated rings. The Labute approximate surface area is 164 Å². The van der Waals surface area contributed by atoms with E-state index in [2.05, 4.69) is 21.6 Å². The number of amides is 1. The van der Waals surface area contributed by atoms with Crippen LogP contribution in [0.4, 0.5) is 5.69 Å². The van der Waals surface area contributed by atoms with Crippen LogP contribution in [0.2, 0.25) is 0 Å². The van der Waals surface area contributed by atoms with Crippen molar-refractivity contribution in [1.29, 1.82) is 0 Å². The van der Waals surface area contributed by atoms with Gasteiger partial charge in [0.2, 0.25) is 0 Å². The van der Waals surface area contributed by atoms with Crippen molar-refractivity contribution in [2.75, 3.05) is 19.5 Å². The largest absolute Gasteiger partial charge is 0.493 e. The molecule has 0 aromatic heterocycles. The van der Waals surface area contributed by atoms with Crippen molar-refractivity contribution < 1.29 is 14.3 Å². The summed E-state index contributed by atoms with van der Waals surface area (Å²) in [5, 5.41) is 6.97. The highest BCUT2D eigenvalue weighted by molar-refractivity contribution is 6.02. The van der Waals surface area contributed by atoms with E-state index in [1.807, 2.05) is 36.4 Å². The maximum Gasteiger partial charge on any atom is 0.255 e. The van der Waals surface area contributed by atoms with Crippen LogP contribution in [0.3, 0.4) is 0 Å². The van der Waals surface area contributed by atoms with Gasteiger partial charge in [-0.15, -0.1) is 0 Å². The molecule has 3 aliphatic rings. The average Bonchev–Trinajstić information content (AvgIpc) is 3.21. The third kappa shape index (κ3) is 2.55. The minimum atomic E-state index is -0.384. The van der Waals surface area contributed by atoms with E-state index in [1.54, 1.807) is 14.2 Å². The number of ether oxygens (including phenoxy) is 2. The fraction of sp³-hybridized carbons (Fsp3) is 0.409. The van der Waals surface area contributed by atoms with Gasteiger partial charge in [-0.25, -0.2) is 0 Å². The molecule has 0 saturated carbocycles. The topological polar surface area (TPSA) is 62.8 Å². The van der Waals surface area contributed by atoms with E-state index >= 15 is 0 Å². The highest BCUT2D eigenvalue weighted by Crippen LogP contribution is 2.47. The Morgan fingerprint density at radius 1 is 1.07 bits per heavy atom. The van der Waals surface area contributed by atoms with Gasteiger partial charge in [-0.1, -0.05) is 18.2 Å². The molecule has 146 valence electrons. The molecule has 2 aromatic rings. The molecule has 6 heteroatoms. The lowest BCUT2D eigenvalue weighted by molar-refractivity contribution is 0.0870. The van der Waals surface area contributed by atoms with Crippen LogP contribution < -0.4 is 20.1 Å². The maximum atomic E-state index is 12.7. The van der Waals surface area contributed by atoms with Gasteiger partial charge in [0.25, 0.3) is 5.91 Å². The molecule has 1 amide bonds. The summed E-state index contributed by atoms with van der Waals surface area (Å²) in [6.07, 6.45) is 3.16. The van der Waals surface area contributed by atoms with E-state index in [9.17, 15) is 4.79 Å². The second-order valence-electron chi connectivity index (χ2n) is 7.91. The average molecular weight is 379 g/mol. The number of nitrogens with zero attached hydrogens (tertiary/aromatic N) is 1. The molecule has 2 bridgehead atoms. The zero-order chi connectivity index (χ0) is 19.3. The number of methoxy groups -OCH3 is 2. The number of anilines is 1. The Bertz CT molecular complexity index is 931. The number of hydrogen-bond acceptors (Lipinski definition) is 5. The molecule has 6 nitrogen and oxygen atoms in total. The van der Waals surface area contributed by atoms with Gasteiger partial charge in [-0.05, 0) is 42.7 Å². The van der Waals surface area contributed by atoms with Crippen LogP contribution in [0.25, 0.3) is 0 Å². The fourth-order valence-electron chi connectivity index (χ4n) is 5.22. The molecule has 0 radical (unpaired) electrons. The lowest BCUT2D eigenvalue weighted by Crippen LogP contribution is -2.64. The van der Waals surface area contributed by atoms with Gasteiger partial charge in [0.05, 0.1) is 25.8 Å². The second-order valence-corrected chi connectivity index (χ2v) is 7.91. The summed E-state index contributed by atoms with van der Waals surface area (Å²) >= 11 is 0. The number of hydrogen-bond donors (Lipinski definition) is 2. The summed E-state index contributed by atoms with van der Waals surface area (Å²) in [6, 6.07) is 14.6. The third-order valence-corrected chi connectivity index (χ3v) is 6.45. The zero-order valence-electron chi connectivity index (χ0n) is 16.2. The van der Waals surface area contributed by atoms with Gasteiger partial charge >= 0.3 is 0 Å². The molecule has 1 spiro atoms. The molecule has 0 unspecified atom stereocenters. The van der Waals surface area contributed by atoms with Gasteiger partial charge in [0.1, 0.15) is 5.66 Å². The SMILES string of the molecule is COc1ccc(CN2[C@H]3CC[C@@H]2[C@]2(C3)NC(=O)c3ccccc3N2)cc1OC. The van der Waals surface area contributed by atoms with Crippen LogP contribution in [0.15, 0.2) is 42.5 Å². The van der Waals surface area contributed by atoms with Crippen LogP contribution in [0, 0.1) is 0 Å². The quantitative estimate of drug-likeness (QED) is 0.855. The zero-order valence-corrected chi connectivity index (χ0v) is 16.2. The van der Waals surface area contributed by atoms with Crippen LogP contribution >= 0.6 is 0 Å². The summed E-state index contributed by atoms with van der Waals surface area (Å²) in [7, 11) is 3.31. The minimum Gasteiger partial charge on any atom is -0.493 e. The number of fused-ring (bicyclic) bond motifs is 4. The lowest BCUT2D eigenvalue weighted by Gasteiger charge is -2.43. The van der Waals surface area contributed by atoms with Crippen LogP contribution in [0.5, 0.6) is 11.5 Å². The van der Waals surface area contributed by atoms with E-state index < -0.39 is 0 Å². The van der Waals surface area contributed by atoms with Crippen molar-refractivity contribution in [3.05, 3.63) is 53.6 Å². The highest BCUT2D eigenvalue weighted by Gasteiger charge is 2.58. The summed E-state index contributed by atoms with van der Waals surface area (Å²) < 4.78 is 10.8. The second kappa shape index (κ2) is 6.41. The third-order valence-electron chi connectivity index (χ3n) is 6.45. The molecule has 0 aliphatic carbocycles. The predicted molar refractivity (Wildman–Crippen MR) is 107 cm³/mol. The number of para-hydroxylation sites is 1. The van der Waals surface area contributed by atoms with Crippen LogP contribution in [-0.4, -0.2) is 42.8 Å². The lowest BCUT2D eigenvalue weighted by atomic mass is 9.86. The first-order valence-electron chi connectivity index (χ1n) is 9.80. The molecular formula is C22H25N3O3. The molecule has 3 atom stereocenters. The number of benzene rings is 2. The van der Waals surface area contributed by atoms with Gasteiger partial charge in [0, 0.05) is 24.7 Å². The van der Waals surface area contributed by atoms with Gasteiger partial charge < -0.3 is 20.1 Å². The first kappa shape index (κ1) is 17.4. The molecule has 28 heavy (non-hydrogen) atoms. The maximum absolute atomic E-state index is 12.7. The van der Waals surface area contributed by atoms with E-state index in [1.165, 1.54) is 12.0 Å². The van der Waals surface area contributed by atoms with Crippen LogP contribution in [0.1, 0.15) is 35.2 Å². The number of rotatable bonds is 4. The Morgan fingerprint density at radius 3 is 2.71 bits per heavy atom. The Balaban J connectivity index is 1.42. The van der Waals surface area contributed by atoms with Crippen molar-refractivity contribution in [3.8, 4) is 11.5 Å². The Hall–Kier alpha value is -2.73. The van der Waals surface area contributed by atoms with Crippen molar-refractivity contribution >= 4 is 11.6 Å². The smallest absolute Gasteiger partial charge is 0.255 e.